The Morgan fingerprint density at radius 2 is 1.77 bits per heavy atom. The highest BCUT2D eigenvalue weighted by atomic mass is 32.2. The largest absolute Gasteiger partial charge is 0.354 e. The third kappa shape index (κ3) is 3.83. The maximum Gasteiger partial charge on any atom is 0.264 e. The number of rotatable bonds is 4. The maximum atomic E-state index is 12.4. The molecule has 0 amide bonds. The molecule has 0 spiro atoms. The Bertz CT molecular complexity index is 954. The van der Waals surface area contributed by atoms with E-state index in [4.69, 9.17) is 12.2 Å². The zero-order valence-corrected chi connectivity index (χ0v) is 16.2. The molecular formula is C17H19N5O2S2. The molecule has 0 bridgehead atoms. The quantitative estimate of drug-likeness (QED) is 0.777. The minimum absolute atomic E-state index is 0.0268. The molecule has 2 aromatic rings. The number of allylic oxidation sites excluding steroid dienone is 1. The van der Waals surface area contributed by atoms with E-state index in [0.717, 1.165) is 11.4 Å². The Labute approximate surface area is 158 Å². The Morgan fingerprint density at radius 3 is 2.35 bits per heavy atom. The van der Waals surface area contributed by atoms with E-state index in [1.807, 2.05) is 25.7 Å². The smallest absolute Gasteiger partial charge is 0.264 e. The molecule has 2 N–H and O–H groups in total. The third-order valence-electron chi connectivity index (χ3n) is 3.75. The van der Waals surface area contributed by atoms with Crippen LogP contribution < -0.4 is 14.9 Å². The minimum atomic E-state index is -3.76. The van der Waals surface area contributed by atoms with E-state index in [2.05, 4.69) is 26.1 Å². The zero-order chi connectivity index (χ0) is 18.9. The van der Waals surface area contributed by atoms with E-state index in [9.17, 15) is 8.42 Å². The first kappa shape index (κ1) is 18.3. The number of nitrogens with zero attached hydrogens (tertiary/aromatic N) is 3. The molecule has 0 radical (unpaired) electrons. The lowest BCUT2D eigenvalue weighted by Crippen LogP contribution is -2.53. The summed E-state index contributed by atoms with van der Waals surface area (Å²) < 4.78 is 27.2. The molecule has 26 heavy (non-hydrogen) atoms. The van der Waals surface area contributed by atoms with Gasteiger partial charge in [-0.2, -0.15) is 0 Å². The monoisotopic (exact) mass is 389 g/mol. The Kier molecular flexibility index (Phi) is 4.68. The van der Waals surface area contributed by atoms with Gasteiger partial charge in [0.25, 0.3) is 10.0 Å². The van der Waals surface area contributed by atoms with Crippen molar-refractivity contribution in [1.82, 2.24) is 15.3 Å². The molecular weight excluding hydrogens is 370 g/mol. The van der Waals surface area contributed by atoms with Crippen LogP contribution in [0.2, 0.25) is 0 Å². The van der Waals surface area contributed by atoms with Crippen molar-refractivity contribution < 1.29 is 8.42 Å². The first-order valence-electron chi connectivity index (χ1n) is 7.90. The minimum Gasteiger partial charge on any atom is -0.354 e. The molecule has 0 atom stereocenters. The Balaban J connectivity index is 1.86. The van der Waals surface area contributed by atoms with Crippen molar-refractivity contribution in [3.05, 3.63) is 54.5 Å². The van der Waals surface area contributed by atoms with Crippen LogP contribution in [0.1, 0.15) is 20.8 Å². The van der Waals surface area contributed by atoms with E-state index < -0.39 is 10.0 Å². The first-order chi connectivity index (χ1) is 12.2. The molecule has 0 saturated carbocycles. The molecule has 0 fully saturated rings. The summed E-state index contributed by atoms with van der Waals surface area (Å²) in [6.07, 6.45) is 5.01. The summed E-state index contributed by atoms with van der Waals surface area (Å²) in [6.45, 7) is 6.04. The number of benzene rings is 1. The number of thiocarbonyl (C=S) groups is 1. The molecule has 3 rings (SSSR count). The van der Waals surface area contributed by atoms with E-state index >= 15 is 0 Å². The Morgan fingerprint density at radius 1 is 1.15 bits per heavy atom. The number of nitrogens with one attached hydrogen (secondary N) is 2. The number of aromatic nitrogens is 2. The Hall–Kier alpha value is -2.52. The summed E-state index contributed by atoms with van der Waals surface area (Å²) in [4.78, 5) is 9.73. The molecule has 0 aliphatic carbocycles. The SMILES string of the molecule is CC1=CC(C)(C)NC(=S)N1c1ccc(S(=O)(=O)Nc2ncccn2)cc1. The fourth-order valence-electron chi connectivity index (χ4n) is 2.74. The lowest BCUT2D eigenvalue weighted by molar-refractivity contribution is 0.560. The average molecular weight is 390 g/mol. The van der Waals surface area contributed by atoms with Crippen LogP contribution in [0.3, 0.4) is 0 Å². The molecule has 136 valence electrons. The molecule has 7 nitrogen and oxygen atoms in total. The number of anilines is 2. The molecule has 0 unspecified atom stereocenters. The van der Waals surface area contributed by atoms with Gasteiger partial charge >= 0.3 is 0 Å². The van der Waals surface area contributed by atoms with Crippen LogP contribution in [0.15, 0.2) is 59.4 Å². The highest BCUT2D eigenvalue weighted by Crippen LogP contribution is 2.27. The first-order valence-corrected chi connectivity index (χ1v) is 9.79. The number of sulfonamides is 1. The maximum absolute atomic E-state index is 12.4. The molecule has 1 aliphatic heterocycles. The van der Waals surface area contributed by atoms with Gasteiger partial charge < -0.3 is 5.32 Å². The number of hydrogen-bond acceptors (Lipinski definition) is 5. The lowest BCUT2D eigenvalue weighted by Gasteiger charge is -2.38. The van der Waals surface area contributed by atoms with Gasteiger partial charge in [0.05, 0.1) is 10.4 Å². The van der Waals surface area contributed by atoms with Gasteiger partial charge in [-0.05, 0) is 69.4 Å². The van der Waals surface area contributed by atoms with Crippen molar-refractivity contribution in [1.29, 1.82) is 0 Å². The van der Waals surface area contributed by atoms with Crippen molar-refractivity contribution in [3.8, 4) is 0 Å². The second kappa shape index (κ2) is 6.65. The van der Waals surface area contributed by atoms with Crippen molar-refractivity contribution in [3.63, 3.8) is 0 Å². The standard InChI is InChI=1S/C17H19N5O2S2/c1-12-11-17(2,3)20-16(25)22(12)13-5-7-14(8-6-13)26(23,24)21-15-18-9-4-10-19-15/h4-11H,1-3H3,(H,20,25)(H,18,19,21). The van der Waals surface area contributed by atoms with E-state index in [1.165, 1.54) is 24.5 Å². The van der Waals surface area contributed by atoms with Gasteiger partial charge in [-0.25, -0.2) is 23.1 Å². The van der Waals surface area contributed by atoms with Gasteiger partial charge in [0, 0.05) is 23.8 Å². The molecule has 1 aliphatic rings. The van der Waals surface area contributed by atoms with Crippen molar-refractivity contribution in [2.75, 3.05) is 9.62 Å². The second-order valence-corrected chi connectivity index (χ2v) is 8.51. The average Bonchev–Trinajstić information content (AvgIpc) is 2.54. The summed E-state index contributed by atoms with van der Waals surface area (Å²) in [6, 6.07) is 8.08. The molecule has 1 aromatic heterocycles. The van der Waals surface area contributed by atoms with Crippen LogP contribution in [0.25, 0.3) is 0 Å². The molecule has 9 heteroatoms. The summed E-state index contributed by atoms with van der Waals surface area (Å²) in [5.74, 6) is 0.0268. The second-order valence-electron chi connectivity index (χ2n) is 6.44. The van der Waals surface area contributed by atoms with Crippen molar-refractivity contribution >= 4 is 39.0 Å². The zero-order valence-electron chi connectivity index (χ0n) is 14.6. The van der Waals surface area contributed by atoms with Gasteiger partial charge in [-0.1, -0.05) is 0 Å². The van der Waals surface area contributed by atoms with E-state index in [1.54, 1.807) is 18.2 Å². The highest BCUT2D eigenvalue weighted by molar-refractivity contribution is 7.92. The molecule has 1 aromatic carbocycles. The van der Waals surface area contributed by atoms with Gasteiger partial charge in [0.15, 0.2) is 5.11 Å². The van der Waals surface area contributed by atoms with Crippen molar-refractivity contribution in [2.24, 2.45) is 0 Å². The summed E-state index contributed by atoms with van der Waals surface area (Å²) in [5, 5.41) is 3.82. The van der Waals surface area contributed by atoms with Crippen LogP contribution in [-0.2, 0) is 10.0 Å². The highest BCUT2D eigenvalue weighted by Gasteiger charge is 2.27. The predicted molar refractivity (Wildman–Crippen MR) is 105 cm³/mol. The molecule has 0 saturated heterocycles. The number of hydrogen-bond donors (Lipinski definition) is 2. The van der Waals surface area contributed by atoms with Gasteiger partial charge in [-0.15, -0.1) is 0 Å². The fourth-order valence-corrected chi connectivity index (χ4v) is 4.21. The van der Waals surface area contributed by atoms with Crippen molar-refractivity contribution in [2.45, 2.75) is 31.2 Å². The fraction of sp³-hybridized carbons (Fsp3) is 0.235. The van der Waals surface area contributed by atoms with Gasteiger partial charge in [0.1, 0.15) is 0 Å². The summed E-state index contributed by atoms with van der Waals surface area (Å²) >= 11 is 5.46. The van der Waals surface area contributed by atoms with E-state index in [-0.39, 0.29) is 16.4 Å². The third-order valence-corrected chi connectivity index (χ3v) is 5.38. The van der Waals surface area contributed by atoms with Gasteiger partial charge in [-0.3, -0.25) is 4.90 Å². The predicted octanol–water partition coefficient (Wildman–Crippen LogP) is 2.65. The topological polar surface area (TPSA) is 87.2 Å². The summed E-state index contributed by atoms with van der Waals surface area (Å²) in [7, 11) is -3.76. The van der Waals surface area contributed by atoms with Gasteiger partial charge in [0.2, 0.25) is 5.95 Å². The van der Waals surface area contributed by atoms with Crippen LogP contribution in [0.5, 0.6) is 0 Å². The summed E-state index contributed by atoms with van der Waals surface area (Å²) in [5.41, 5.74) is 1.53. The molecule has 2 heterocycles. The van der Waals surface area contributed by atoms with Crippen LogP contribution >= 0.6 is 12.2 Å². The van der Waals surface area contributed by atoms with E-state index in [0.29, 0.717) is 5.11 Å². The van der Waals surface area contributed by atoms with Crippen LogP contribution in [0.4, 0.5) is 11.6 Å². The van der Waals surface area contributed by atoms with Crippen LogP contribution in [-0.4, -0.2) is 29.0 Å². The van der Waals surface area contributed by atoms with Crippen LogP contribution in [0, 0.1) is 0 Å². The normalized spacial score (nSPS) is 16.7. The lowest BCUT2D eigenvalue weighted by atomic mass is 10.0.